The van der Waals surface area contributed by atoms with Crippen LogP contribution in [-0.2, 0) is 6.54 Å². The number of methoxy groups -OCH3 is 1. The van der Waals surface area contributed by atoms with Crippen molar-refractivity contribution in [3.8, 4) is 5.75 Å². The van der Waals surface area contributed by atoms with E-state index in [9.17, 15) is 0 Å². The van der Waals surface area contributed by atoms with Gasteiger partial charge in [0.25, 0.3) is 0 Å². The standard InChI is InChI=1S/C14H15N3O/c1-18-14-4-2-12(3-5-14)10-16-17-11-13-6-8-15-9-7-13/h2-10,17H,11H2,1H3. The van der Waals surface area contributed by atoms with E-state index in [2.05, 4.69) is 15.5 Å². The van der Waals surface area contributed by atoms with Crippen molar-refractivity contribution < 1.29 is 4.74 Å². The predicted molar refractivity (Wildman–Crippen MR) is 71.7 cm³/mol. The van der Waals surface area contributed by atoms with E-state index in [1.165, 1.54) is 0 Å². The Hall–Kier alpha value is -2.36. The summed E-state index contributed by atoms with van der Waals surface area (Å²) < 4.78 is 5.09. The van der Waals surface area contributed by atoms with Crippen molar-refractivity contribution in [2.75, 3.05) is 7.11 Å². The summed E-state index contributed by atoms with van der Waals surface area (Å²) in [4.78, 5) is 3.96. The maximum Gasteiger partial charge on any atom is 0.118 e. The van der Waals surface area contributed by atoms with Crippen molar-refractivity contribution in [2.45, 2.75) is 6.54 Å². The number of aromatic nitrogens is 1. The van der Waals surface area contributed by atoms with E-state index in [-0.39, 0.29) is 0 Å². The molecule has 92 valence electrons. The van der Waals surface area contributed by atoms with Crippen LogP contribution in [0.1, 0.15) is 11.1 Å². The molecule has 0 aliphatic heterocycles. The lowest BCUT2D eigenvalue weighted by Crippen LogP contribution is -2.05. The van der Waals surface area contributed by atoms with Crippen LogP contribution in [0.5, 0.6) is 5.75 Å². The van der Waals surface area contributed by atoms with Gasteiger partial charge < -0.3 is 10.2 Å². The molecule has 1 aromatic carbocycles. The Morgan fingerprint density at radius 1 is 1.17 bits per heavy atom. The second kappa shape index (κ2) is 6.39. The molecule has 0 amide bonds. The van der Waals surface area contributed by atoms with Gasteiger partial charge in [-0.25, -0.2) is 0 Å². The SMILES string of the molecule is COc1ccc(C=NNCc2ccncc2)cc1. The first-order chi connectivity index (χ1) is 8.88. The highest BCUT2D eigenvalue weighted by Crippen LogP contribution is 2.09. The highest BCUT2D eigenvalue weighted by Gasteiger charge is 1.91. The number of hydrazone groups is 1. The summed E-state index contributed by atoms with van der Waals surface area (Å²) in [6.07, 6.45) is 5.31. The van der Waals surface area contributed by atoms with Gasteiger partial charge >= 0.3 is 0 Å². The van der Waals surface area contributed by atoms with E-state index >= 15 is 0 Å². The van der Waals surface area contributed by atoms with Crippen molar-refractivity contribution in [1.29, 1.82) is 0 Å². The minimum Gasteiger partial charge on any atom is -0.497 e. The second-order valence-electron chi connectivity index (χ2n) is 3.72. The molecule has 0 aliphatic carbocycles. The number of hydrogen-bond donors (Lipinski definition) is 1. The molecule has 0 fully saturated rings. The van der Waals surface area contributed by atoms with Crippen molar-refractivity contribution in [2.24, 2.45) is 5.10 Å². The minimum atomic E-state index is 0.690. The zero-order chi connectivity index (χ0) is 12.6. The lowest BCUT2D eigenvalue weighted by molar-refractivity contribution is 0.415. The smallest absolute Gasteiger partial charge is 0.118 e. The van der Waals surface area contributed by atoms with E-state index in [1.54, 1.807) is 25.7 Å². The topological polar surface area (TPSA) is 46.5 Å². The predicted octanol–water partition coefficient (Wildman–Crippen LogP) is 2.21. The maximum absolute atomic E-state index is 5.09. The van der Waals surface area contributed by atoms with Crippen LogP contribution in [0.4, 0.5) is 0 Å². The molecule has 1 heterocycles. The van der Waals surface area contributed by atoms with Crippen molar-refractivity contribution >= 4 is 6.21 Å². The molecule has 1 aromatic heterocycles. The summed E-state index contributed by atoms with van der Waals surface area (Å²) in [6, 6.07) is 11.6. The van der Waals surface area contributed by atoms with Gasteiger partial charge in [-0.05, 0) is 47.5 Å². The fourth-order valence-corrected chi connectivity index (χ4v) is 1.45. The molecule has 0 saturated carbocycles. The summed E-state index contributed by atoms with van der Waals surface area (Å²) >= 11 is 0. The summed E-state index contributed by atoms with van der Waals surface area (Å²) in [7, 11) is 1.65. The average Bonchev–Trinajstić information content (AvgIpc) is 2.45. The van der Waals surface area contributed by atoms with E-state index in [1.807, 2.05) is 36.4 Å². The van der Waals surface area contributed by atoms with Gasteiger partial charge in [0.2, 0.25) is 0 Å². The van der Waals surface area contributed by atoms with Gasteiger partial charge in [0.1, 0.15) is 5.75 Å². The quantitative estimate of drug-likeness (QED) is 0.645. The lowest BCUT2D eigenvalue weighted by Gasteiger charge is -2.00. The Kier molecular flexibility index (Phi) is 4.30. The molecule has 0 bridgehead atoms. The number of nitrogens with zero attached hydrogens (tertiary/aromatic N) is 2. The number of pyridine rings is 1. The highest BCUT2D eigenvalue weighted by atomic mass is 16.5. The number of benzene rings is 1. The van der Waals surface area contributed by atoms with Gasteiger partial charge in [-0.15, -0.1) is 0 Å². The first kappa shape index (κ1) is 12.1. The first-order valence-corrected chi connectivity index (χ1v) is 5.67. The van der Waals surface area contributed by atoms with E-state index in [0.717, 1.165) is 16.9 Å². The van der Waals surface area contributed by atoms with Crippen LogP contribution in [0.25, 0.3) is 0 Å². The third-order valence-corrected chi connectivity index (χ3v) is 2.45. The second-order valence-corrected chi connectivity index (χ2v) is 3.72. The van der Waals surface area contributed by atoms with E-state index in [0.29, 0.717) is 6.54 Å². The lowest BCUT2D eigenvalue weighted by atomic mass is 10.2. The Bertz CT molecular complexity index is 494. The molecule has 18 heavy (non-hydrogen) atoms. The molecule has 4 nitrogen and oxygen atoms in total. The number of rotatable bonds is 5. The summed E-state index contributed by atoms with van der Waals surface area (Å²) in [5.41, 5.74) is 5.17. The molecule has 1 N–H and O–H groups in total. The van der Waals surface area contributed by atoms with Crippen LogP contribution in [0.3, 0.4) is 0 Å². The van der Waals surface area contributed by atoms with E-state index < -0.39 is 0 Å². The Labute approximate surface area is 106 Å². The Morgan fingerprint density at radius 2 is 1.89 bits per heavy atom. The Morgan fingerprint density at radius 3 is 2.56 bits per heavy atom. The van der Waals surface area contributed by atoms with Crippen LogP contribution in [0.2, 0.25) is 0 Å². The molecule has 0 atom stereocenters. The van der Waals surface area contributed by atoms with Gasteiger partial charge in [0, 0.05) is 12.4 Å². The van der Waals surface area contributed by atoms with Crippen LogP contribution in [-0.4, -0.2) is 18.3 Å². The van der Waals surface area contributed by atoms with Gasteiger partial charge in [0.15, 0.2) is 0 Å². The number of ether oxygens (including phenoxy) is 1. The largest absolute Gasteiger partial charge is 0.497 e. The van der Waals surface area contributed by atoms with Gasteiger partial charge in [0.05, 0.1) is 19.9 Å². The molecule has 0 saturated heterocycles. The van der Waals surface area contributed by atoms with Gasteiger partial charge in [-0.2, -0.15) is 5.10 Å². The molecule has 2 aromatic rings. The summed E-state index contributed by atoms with van der Waals surface area (Å²) in [5.74, 6) is 0.844. The van der Waals surface area contributed by atoms with E-state index in [4.69, 9.17) is 4.74 Å². The van der Waals surface area contributed by atoms with Crippen LogP contribution < -0.4 is 10.2 Å². The monoisotopic (exact) mass is 241 g/mol. The summed E-state index contributed by atoms with van der Waals surface area (Å²) in [5, 5.41) is 4.16. The third-order valence-electron chi connectivity index (χ3n) is 2.45. The van der Waals surface area contributed by atoms with Crippen LogP contribution in [0, 0.1) is 0 Å². The van der Waals surface area contributed by atoms with Crippen molar-refractivity contribution in [1.82, 2.24) is 10.4 Å². The zero-order valence-electron chi connectivity index (χ0n) is 10.2. The number of nitrogens with one attached hydrogen (secondary N) is 1. The van der Waals surface area contributed by atoms with Gasteiger partial charge in [-0.3, -0.25) is 4.98 Å². The van der Waals surface area contributed by atoms with Crippen LogP contribution in [0.15, 0.2) is 53.9 Å². The molecular formula is C14H15N3O. The average molecular weight is 241 g/mol. The van der Waals surface area contributed by atoms with Crippen molar-refractivity contribution in [3.63, 3.8) is 0 Å². The first-order valence-electron chi connectivity index (χ1n) is 5.67. The fraction of sp³-hybridized carbons (Fsp3) is 0.143. The molecule has 2 rings (SSSR count). The number of hydrogen-bond acceptors (Lipinski definition) is 4. The molecule has 0 spiro atoms. The van der Waals surface area contributed by atoms with Gasteiger partial charge in [-0.1, -0.05) is 0 Å². The normalized spacial score (nSPS) is 10.5. The highest BCUT2D eigenvalue weighted by molar-refractivity contribution is 5.79. The molecule has 0 aliphatic rings. The molecule has 0 unspecified atom stereocenters. The Balaban J connectivity index is 1.84. The van der Waals surface area contributed by atoms with Crippen LogP contribution >= 0.6 is 0 Å². The minimum absolute atomic E-state index is 0.690. The molecule has 0 radical (unpaired) electrons. The zero-order valence-corrected chi connectivity index (χ0v) is 10.2. The summed E-state index contributed by atoms with van der Waals surface area (Å²) in [6.45, 7) is 0.690. The van der Waals surface area contributed by atoms with Crippen molar-refractivity contribution in [3.05, 3.63) is 59.9 Å². The maximum atomic E-state index is 5.09. The molecular weight excluding hydrogens is 226 g/mol. The molecule has 4 heteroatoms. The fourth-order valence-electron chi connectivity index (χ4n) is 1.45. The third kappa shape index (κ3) is 3.59.